The Balaban J connectivity index is 2.47. The van der Waals surface area contributed by atoms with E-state index < -0.39 is 11.7 Å². The fraction of sp³-hybridized carbons (Fsp3) is 0.917. The molecule has 5 nitrogen and oxygen atoms in total. The largest absolute Gasteiger partial charge is 0.444 e. The van der Waals surface area contributed by atoms with Gasteiger partial charge < -0.3 is 20.1 Å². The van der Waals surface area contributed by atoms with Crippen LogP contribution in [0.3, 0.4) is 0 Å². The molecule has 0 aromatic rings. The number of piperidine rings is 1. The van der Waals surface area contributed by atoms with E-state index in [-0.39, 0.29) is 18.6 Å². The van der Waals surface area contributed by atoms with Gasteiger partial charge in [-0.2, -0.15) is 0 Å². The number of carbonyl (C=O) groups is 1. The number of rotatable bonds is 2. The lowest BCUT2D eigenvalue weighted by Gasteiger charge is -2.36. The summed E-state index contributed by atoms with van der Waals surface area (Å²) in [6.45, 7) is 7.33. The minimum absolute atomic E-state index is 0.00560. The lowest BCUT2D eigenvalue weighted by Crippen LogP contribution is -2.52. The summed E-state index contributed by atoms with van der Waals surface area (Å²) in [5, 5.41) is 12.2. The summed E-state index contributed by atoms with van der Waals surface area (Å²) in [5.41, 5.74) is -0.482. The predicted octanol–water partition coefficient (Wildman–Crippen LogP) is 0.824. The maximum absolute atomic E-state index is 11.6. The van der Waals surface area contributed by atoms with E-state index in [4.69, 9.17) is 4.74 Å². The van der Waals surface area contributed by atoms with Crippen LogP contribution >= 0.6 is 0 Å². The van der Waals surface area contributed by atoms with E-state index in [1.165, 1.54) is 0 Å². The van der Waals surface area contributed by atoms with Gasteiger partial charge in [0.25, 0.3) is 0 Å². The third-order valence-electron chi connectivity index (χ3n) is 2.87. The molecule has 0 saturated carbocycles. The Morgan fingerprint density at radius 2 is 2.18 bits per heavy atom. The van der Waals surface area contributed by atoms with Crippen molar-refractivity contribution in [1.29, 1.82) is 0 Å². The van der Waals surface area contributed by atoms with Gasteiger partial charge in [0.15, 0.2) is 0 Å². The van der Waals surface area contributed by atoms with Crippen molar-refractivity contribution in [3.63, 3.8) is 0 Å². The Morgan fingerprint density at radius 1 is 1.53 bits per heavy atom. The van der Waals surface area contributed by atoms with Gasteiger partial charge in [0.05, 0.1) is 0 Å². The minimum Gasteiger partial charge on any atom is -0.444 e. The molecule has 1 heterocycles. The van der Waals surface area contributed by atoms with Crippen LogP contribution in [0.15, 0.2) is 0 Å². The van der Waals surface area contributed by atoms with Crippen LogP contribution in [0.4, 0.5) is 4.79 Å². The molecule has 1 aliphatic rings. The zero-order chi connectivity index (χ0) is 13.1. The van der Waals surface area contributed by atoms with Gasteiger partial charge in [-0.25, -0.2) is 4.79 Å². The number of hydrogen-bond acceptors (Lipinski definition) is 4. The molecule has 0 unspecified atom stereocenters. The number of amides is 1. The summed E-state index contributed by atoms with van der Waals surface area (Å²) in [6, 6.07) is 0.00560. The second-order valence-electron chi connectivity index (χ2n) is 5.75. The summed E-state index contributed by atoms with van der Waals surface area (Å²) in [5.74, 6) is 0.0845. The molecule has 1 rings (SSSR count). The molecule has 1 fully saturated rings. The van der Waals surface area contributed by atoms with Crippen LogP contribution in [0, 0.1) is 5.92 Å². The third kappa shape index (κ3) is 4.91. The molecule has 100 valence electrons. The average Bonchev–Trinajstić information content (AvgIpc) is 2.17. The van der Waals surface area contributed by atoms with Crippen molar-refractivity contribution >= 4 is 6.09 Å². The molecule has 0 aromatic carbocycles. The van der Waals surface area contributed by atoms with Gasteiger partial charge in [0.1, 0.15) is 5.60 Å². The molecule has 0 bridgehead atoms. The van der Waals surface area contributed by atoms with Crippen molar-refractivity contribution in [1.82, 2.24) is 10.2 Å². The predicted molar refractivity (Wildman–Crippen MR) is 65.8 cm³/mol. The number of hydrogen-bond donors (Lipinski definition) is 2. The molecule has 17 heavy (non-hydrogen) atoms. The molecule has 1 amide bonds. The van der Waals surface area contributed by atoms with Crippen LogP contribution in [0.25, 0.3) is 0 Å². The molecule has 2 N–H and O–H groups in total. The molecular weight excluding hydrogens is 220 g/mol. The van der Waals surface area contributed by atoms with Gasteiger partial charge >= 0.3 is 6.09 Å². The van der Waals surface area contributed by atoms with Gasteiger partial charge in [-0.05, 0) is 40.8 Å². The maximum atomic E-state index is 11.6. The lowest BCUT2D eigenvalue weighted by molar-refractivity contribution is 0.0405. The van der Waals surface area contributed by atoms with E-state index in [0.29, 0.717) is 0 Å². The first-order chi connectivity index (χ1) is 7.81. The number of aliphatic hydroxyl groups is 1. The molecule has 1 aliphatic heterocycles. The van der Waals surface area contributed by atoms with Crippen molar-refractivity contribution < 1.29 is 14.6 Å². The summed E-state index contributed by atoms with van der Waals surface area (Å²) < 4.78 is 5.21. The Bertz CT molecular complexity index is 263. The molecule has 0 aliphatic carbocycles. The first-order valence-electron chi connectivity index (χ1n) is 6.11. The molecular formula is C12H24N2O3. The Labute approximate surface area is 103 Å². The van der Waals surface area contributed by atoms with Crippen LogP contribution in [-0.2, 0) is 4.74 Å². The Kier molecular flexibility index (Phi) is 4.77. The second kappa shape index (κ2) is 5.69. The number of ether oxygens (including phenoxy) is 1. The van der Waals surface area contributed by atoms with Crippen molar-refractivity contribution in [2.75, 3.05) is 26.7 Å². The zero-order valence-electron chi connectivity index (χ0n) is 11.2. The quantitative estimate of drug-likeness (QED) is 0.755. The van der Waals surface area contributed by atoms with Gasteiger partial charge in [-0.15, -0.1) is 0 Å². The van der Waals surface area contributed by atoms with E-state index in [2.05, 4.69) is 10.2 Å². The average molecular weight is 244 g/mol. The van der Waals surface area contributed by atoms with E-state index in [1.54, 1.807) is 0 Å². The summed E-state index contributed by atoms with van der Waals surface area (Å²) in [7, 11) is 2.02. The molecule has 1 saturated heterocycles. The Morgan fingerprint density at radius 3 is 2.71 bits per heavy atom. The Hall–Kier alpha value is -0.810. The van der Waals surface area contributed by atoms with Crippen LogP contribution in [0.2, 0.25) is 0 Å². The number of nitrogens with zero attached hydrogens (tertiary/aromatic N) is 1. The van der Waals surface area contributed by atoms with E-state index in [9.17, 15) is 9.90 Å². The van der Waals surface area contributed by atoms with Crippen LogP contribution in [0.1, 0.15) is 27.2 Å². The standard InChI is InChI=1S/C12H24N2O3/c1-12(2,3)17-11(16)13-10-5-6-14(4)7-9(10)8-15/h9-10,15H,5-8H2,1-4H3,(H,13,16)/t9-,10+/m0/s1. The van der Waals surface area contributed by atoms with Crippen molar-refractivity contribution in [3.05, 3.63) is 0 Å². The highest BCUT2D eigenvalue weighted by molar-refractivity contribution is 5.68. The van der Waals surface area contributed by atoms with E-state index >= 15 is 0 Å². The number of nitrogens with one attached hydrogen (secondary N) is 1. The van der Waals surface area contributed by atoms with Gasteiger partial charge in [-0.3, -0.25) is 0 Å². The zero-order valence-corrected chi connectivity index (χ0v) is 11.2. The topological polar surface area (TPSA) is 61.8 Å². The number of aliphatic hydroxyl groups excluding tert-OH is 1. The highest BCUT2D eigenvalue weighted by Crippen LogP contribution is 2.16. The number of likely N-dealkylation sites (tertiary alicyclic amines) is 1. The highest BCUT2D eigenvalue weighted by atomic mass is 16.6. The number of alkyl carbamates (subject to hydrolysis) is 1. The number of carbonyl (C=O) groups excluding carboxylic acids is 1. The molecule has 0 spiro atoms. The third-order valence-corrected chi connectivity index (χ3v) is 2.87. The first-order valence-corrected chi connectivity index (χ1v) is 6.11. The lowest BCUT2D eigenvalue weighted by atomic mass is 9.93. The van der Waals surface area contributed by atoms with Gasteiger partial charge in [0.2, 0.25) is 0 Å². The second-order valence-corrected chi connectivity index (χ2v) is 5.75. The monoisotopic (exact) mass is 244 g/mol. The molecule has 0 aromatic heterocycles. The van der Waals surface area contributed by atoms with Crippen LogP contribution < -0.4 is 5.32 Å². The smallest absolute Gasteiger partial charge is 0.407 e. The van der Waals surface area contributed by atoms with E-state index in [1.807, 2.05) is 27.8 Å². The summed E-state index contributed by atoms with van der Waals surface area (Å²) >= 11 is 0. The summed E-state index contributed by atoms with van der Waals surface area (Å²) in [4.78, 5) is 13.8. The fourth-order valence-electron chi connectivity index (χ4n) is 2.05. The van der Waals surface area contributed by atoms with E-state index in [0.717, 1.165) is 19.5 Å². The first kappa shape index (κ1) is 14.3. The van der Waals surface area contributed by atoms with Crippen molar-refractivity contribution in [2.24, 2.45) is 5.92 Å². The molecule has 2 atom stereocenters. The molecule has 5 heteroatoms. The minimum atomic E-state index is -0.482. The van der Waals surface area contributed by atoms with Crippen molar-refractivity contribution in [3.8, 4) is 0 Å². The van der Waals surface area contributed by atoms with Gasteiger partial charge in [-0.1, -0.05) is 0 Å². The van der Waals surface area contributed by atoms with Gasteiger partial charge in [0, 0.05) is 25.1 Å². The molecule has 0 radical (unpaired) electrons. The maximum Gasteiger partial charge on any atom is 0.407 e. The SMILES string of the molecule is CN1CC[C@@H](NC(=O)OC(C)(C)C)[C@H](CO)C1. The normalized spacial score (nSPS) is 26.6. The summed E-state index contributed by atoms with van der Waals surface area (Å²) in [6.07, 6.45) is 0.451. The van der Waals surface area contributed by atoms with Crippen molar-refractivity contribution in [2.45, 2.75) is 38.8 Å². The highest BCUT2D eigenvalue weighted by Gasteiger charge is 2.29. The van der Waals surface area contributed by atoms with Crippen LogP contribution in [-0.4, -0.2) is 54.5 Å². The van der Waals surface area contributed by atoms with Crippen LogP contribution in [0.5, 0.6) is 0 Å². The fourth-order valence-corrected chi connectivity index (χ4v) is 2.05.